The van der Waals surface area contributed by atoms with Gasteiger partial charge < -0.3 is 0 Å². The first-order valence-corrected chi connectivity index (χ1v) is 8.94. The van der Waals surface area contributed by atoms with Crippen molar-refractivity contribution in [2.24, 2.45) is 22.7 Å². The zero-order chi connectivity index (χ0) is 15.7. The Morgan fingerprint density at radius 1 is 0.957 bits per heavy atom. The number of allylic oxidation sites excluding steroid dienone is 8. The SMILES string of the molecule is CC1=CC2C[C@@]2(Cc2ccc(C3=CC4CC4(C)C=C3)cc2)C=C1. The van der Waals surface area contributed by atoms with Crippen molar-refractivity contribution >= 4 is 5.57 Å². The summed E-state index contributed by atoms with van der Waals surface area (Å²) in [5, 5.41) is 0. The zero-order valence-electron chi connectivity index (χ0n) is 14.0. The Labute approximate surface area is 139 Å². The number of benzene rings is 1. The summed E-state index contributed by atoms with van der Waals surface area (Å²) in [6.07, 6.45) is 18.3. The largest absolute Gasteiger partial charge is 0.0776 e. The monoisotopic (exact) mass is 300 g/mol. The van der Waals surface area contributed by atoms with Crippen molar-refractivity contribution in [2.75, 3.05) is 0 Å². The lowest BCUT2D eigenvalue weighted by atomic mass is 9.88. The summed E-state index contributed by atoms with van der Waals surface area (Å²) in [5.41, 5.74) is 6.60. The van der Waals surface area contributed by atoms with Gasteiger partial charge in [0.1, 0.15) is 0 Å². The van der Waals surface area contributed by atoms with E-state index in [4.69, 9.17) is 0 Å². The van der Waals surface area contributed by atoms with Crippen molar-refractivity contribution in [3.8, 4) is 0 Å². The number of hydrogen-bond acceptors (Lipinski definition) is 0. The summed E-state index contributed by atoms with van der Waals surface area (Å²) in [6.45, 7) is 4.58. The molecule has 116 valence electrons. The lowest BCUT2D eigenvalue weighted by Gasteiger charge is -2.16. The molecule has 0 spiro atoms. The van der Waals surface area contributed by atoms with E-state index in [-0.39, 0.29) is 0 Å². The maximum atomic E-state index is 2.47. The van der Waals surface area contributed by atoms with Crippen LogP contribution in [0.5, 0.6) is 0 Å². The number of rotatable bonds is 3. The molecule has 0 heteroatoms. The fraction of sp³-hybridized carbons (Fsp3) is 0.391. The van der Waals surface area contributed by atoms with Gasteiger partial charge in [0.25, 0.3) is 0 Å². The molecule has 0 amide bonds. The minimum Gasteiger partial charge on any atom is -0.0776 e. The van der Waals surface area contributed by atoms with Crippen LogP contribution in [0, 0.1) is 22.7 Å². The van der Waals surface area contributed by atoms with Crippen LogP contribution in [0.15, 0.2) is 66.3 Å². The van der Waals surface area contributed by atoms with Crippen LogP contribution in [0.25, 0.3) is 5.57 Å². The topological polar surface area (TPSA) is 0 Å². The van der Waals surface area contributed by atoms with Gasteiger partial charge in [-0.25, -0.2) is 0 Å². The lowest BCUT2D eigenvalue weighted by molar-refractivity contribution is 0.602. The van der Waals surface area contributed by atoms with Crippen molar-refractivity contribution in [3.05, 3.63) is 77.4 Å². The molecule has 0 N–H and O–H groups in total. The minimum absolute atomic E-state index is 0.431. The second-order valence-electron chi connectivity index (χ2n) is 8.43. The first kappa shape index (κ1) is 13.6. The Balaban J connectivity index is 1.33. The lowest BCUT2D eigenvalue weighted by Crippen LogP contribution is -2.07. The molecule has 2 saturated carbocycles. The molecule has 4 aliphatic carbocycles. The smallest absolute Gasteiger partial charge is 0.000554 e. The van der Waals surface area contributed by atoms with Crippen molar-refractivity contribution in [1.82, 2.24) is 0 Å². The Kier molecular flexibility index (Phi) is 2.59. The highest BCUT2D eigenvalue weighted by molar-refractivity contribution is 5.76. The van der Waals surface area contributed by atoms with E-state index in [1.165, 1.54) is 41.5 Å². The zero-order valence-corrected chi connectivity index (χ0v) is 14.0. The molecule has 4 atom stereocenters. The molecule has 23 heavy (non-hydrogen) atoms. The minimum atomic E-state index is 0.431. The van der Waals surface area contributed by atoms with Crippen molar-refractivity contribution in [2.45, 2.75) is 33.1 Å². The predicted molar refractivity (Wildman–Crippen MR) is 96.9 cm³/mol. The molecular weight excluding hydrogens is 276 g/mol. The molecule has 5 rings (SSSR count). The molecule has 0 aromatic heterocycles. The molecule has 0 aliphatic heterocycles. The van der Waals surface area contributed by atoms with Crippen LogP contribution in [0.1, 0.15) is 37.8 Å². The van der Waals surface area contributed by atoms with Gasteiger partial charge in [-0.3, -0.25) is 0 Å². The third-order valence-electron chi connectivity index (χ3n) is 6.51. The van der Waals surface area contributed by atoms with Crippen LogP contribution in [0.4, 0.5) is 0 Å². The van der Waals surface area contributed by atoms with E-state index < -0.39 is 0 Å². The van der Waals surface area contributed by atoms with Crippen LogP contribution in [-0.2, 0) is 6.42 Å². The molecule has 1 aromatic carbocycles. The summed E-state index contributed by atoms with van der Waals surface area (Å²) in [5.74, 6) is 1.55. The molecule has 4 aliphatic rings. The highest BCUT2D eigenvalue weighted by Gasteiger charge is 2.51. The van der Waals surface area contributed by atoms with Crippen molar-refractivity contribution in [1.29, 1.82) is 0 Å². The average Bonchev–Trinajstić information content (AvgIpc) is 3.41. The molecular formula is C23H24. The van der Waals surface area contributed by atoms with Crippen LogP contribution < -0.4 is 0 Å². The predicted octanol–water partition coefficient (Wildman–Crippen LogP) is 5.73. The van der Waals surface area contributed by atoms with Crippen molar-refractivity contribution in [3.63, 3.8) is 0 Å². The number of hydrogen-bond donors (Lipinski definition) is 0. The average molecular weight is 300 g/mol. The summed E-state index contributed by atoms with van der Waals surface area (Å²) >= 11 is 0. The first-order valence-electron chi connectivity index (χ1n) is 8.94. The summed E-state index contributed by atoms with van der Waals surface area (Å²) in [7, 11) is 0. The third-order valence-corrected chi connectivity index (χ3v) is 6.51. The first-order chi connectivity index (χ1) is 11.1. The Hall–Kier alpha value is -1.82. The maximum absolute atomic E-state index is 2.47. The molecule has 0 saturated heterocycles. The van der Waals surface area contributed by atoms with Gasteiger partial charge in [0, 0.05) is 0 Å². The second kappa shape index (κ2) is 4.38. The fourth-order valence-corrected chi connectivity index (χ4v) is 4.50. The quantitative estimate of drug-likeness (QED) is 0.668. The standard InChI is InChI=1S/C23H24/c1-16-7-10-23(15-21(23)11-16)13-17-3-5-18(6-4-17)19-8-9-22(2)14-20(22)12-19/h3-12,20-21H,13-15H2,1-2H3/t20?,21?,22?,23-/m0/s1. The summed E-state index contributed by atoms with van der Waals surface area (Å²) < 4.78 is 0. The van der Waals surface area contributed by atoms with Crippen LogP contribution in [-0.4, -0.2) is 0 Å². The molecule has 0 bridgehead atoms. The van der Waals surface area contributed by atoms with E-state index in [0.717, 1.165) is 11.8 Å². The molecule has 0 radical (unpaired) electrons. The Morgan fingerprint density at radius 3 is 2.52 bits per heavy atom. The van der Waals surface area contributed by atoms with E-state index in [0.29, 0.717) is 10.8 Å². The van der Waals surface area contributed by atoms with Gasteiger partial charge in [-0.1, -0.05) is 73.2 Å². The highest BCUT2D eigenvalue weighted by Crippen LogP contribution is 2.59. The van der Waals surface area contributed by atoms with Gasteiger partial charge in [0.15, 0.2) is 0 Å². The third kappa shape index (κ3) is 2.19. The van der Waals surface area contributed by atoms with E-state index in [1.54, 1.807) is 0 Å². The molecule has 1 aromatic rings. The van der Waals surface area contributed by atoms with E-state index in [9.17, 15) is 0 Å². The molecule has 3 unspecified atom stereocenters. The van der Waals surface area contributed by atoms with Crippen LogP contribution in [0.3, 0.4) is 0 Å². The van der Waals surface area contributed by atoms with Crippen molar-refractivity contribution < 1.29 is 0 Å². The van der Waals surface area contributed by atoms with Gasteiger partial charge in [-0.05, 0) is 65.6 Å². The molecule has 0 heterocycles. The summed E-state index contributed by atoms with van der Waals surface area (Å²) in [6, 6.07) is 9.32. The highest BCUT2D eigenvalue weighted by atomic mass is 14.5. The van der Waals surface area contributed by atoms with E-state index in [2.05, 4.69) is 74.6 Å². The van der Waals surface area contributed by atoms with Gasteiger partial charge in [0.05, 0.1) is 0 Å². The normalized spacial score (nSPS) is 39.2. The van der Waals surface area contributed by atoms with Gasteiger partial charge >= 0.3 is 0 Å². The van der Waals surface area contributed by atoms with Crippen LogP contribution >= 0.6 is 0 Å². The Morgan fingerprint density at radius 2 is 1.78 bits per heavy atom. The van der Waals surface area contributed by atoms with E-state index >= 15 is 0 Å². The second-order valence-corrected chi connectivity index (χ2v) is 8.43. The van der Waals surface area contributed by atoms with Gasteiger partial charge in [-0.15, -0.1) is 0 Å². The molecule has 0 nitrogen and oxygen atoms in total. The maximum Gasteiger partial charge on any atom is -0.000554 e. The van der Waals surface area contributed by atoms with Gasteiger partial charge in [0.2, 0.25) is 0 Å². The van der Waals surface area contributed by atoms with Crippen LogP contribution in [0.2, 0.25) is 0 Å². The fourth-order valence-electron chi connectivity index (χ4n) is 4.50. The Bertz CT molecular complexity index is 786. The number of fused-ring (bicyclic) bond motifs is 2. The van der Waals surface area contributed by atoms with E-state index in [1.807, 2.05) is 0 Å². The summed E-state index contributed by atoms with van der Waals surface area (Å²) in [4.78, 5) is 0. The van der Waals surface area contributed by atoms with Gasteiger partial charge in [-0.2, -0.15) is 0 Å². The molecule has 2 fully saturated rings.